The zero-order valence-corrected chi connectivity index (χ0v) is 26.8. The van der Waals surface area contributed by atoms with E-state index in [0.717, 1.165) is 0 Å². The molecular formula is C24H26F12O9Ru2. The third kappa shape index (κ3) is 53.0. The molecule has 0 saturated carbocycles. The van der Waals surface area contributed by atoms with Crippen molar-refractivity contribution in [1.29, 1.82) is 0 Å². The Balaban J connectivity index is -0.0000000808. The summed E-state index contributed by atoms with van der Waals surface area (Å²) in [6.07, 6.45) is 7.22. The first-order valence-electron chi connectivity index (χ1n) is 11.5. The van der Waals surface area contributed by atoms with Gasteiger partial charge < -0.3 is 45.1 Å². The summed E-state index contributed by atoms with van der Waals surface area (Å²) in [5, 5.41) is 35.1. The van der Waals surface area contributed by atoms with Gasteiger partial charge in [0.15, 0.2) is 0 Å². The van der Waals surface area contributed by atoms with Crippen molar-refractivity contribution in [1.82, 2.24) is 0 Å². The summed E-state index contributed by atoms with van der Waals surface area (Å²) in [5.41, 5.74) is 0. The number of carbonyl (C=O) groups is 4. The van der Waals surface area contributed by atoms with E-state index in [9.17, 15) is 52.7 Å². The van der Waals surface area contributed by atoms with E-state index < -0.39 is 48.6 Å². The number of carboxylic acids is 4. The van der Waals surface area contributed by atoms with Gasteiger partial charge in [0.05, 0.1) is 0 Å². The Labute approximate surface area is 284 Å². The van der Waals surface area contributed by atoms with E-state index in [1.165, 1.54) is 51.4 Å². The van der Waals surface area contributed by atoms with Crippen LogP contribution in [0.5, 0.6) is 0 Å². The molecule has 0 atom stereocenters. The van der Waals surface area contributed by atoms with Gasteiger partial charge in [-0.1, -0.05) is 48.6 Å². The van der Waals surface area contributed by atoms with E-state index in [-0.39, 0.29) is 44.4 Å². The predicted octanol–water partition coefficient (Wildman–Crippen LogP) is 1.71. The number of hydrogen-bond donors (Lipinski definition) is 0. The molecule has 0 spiro atoms. The second kappa shape index (κ2) is 31.8. The number of carboxylic acid groups (broad SMARTS) is 4. The normalized spacial score (nSPS) is 13.5. The number of aliphatic carboxylic acids is 4. The van der Waals surface area contributed by atoms with Gasteiger partial charge in [-0.2, -0.15) is 52.7 Å². The third-order valence-electron chi connectivity index (χ3n) is 3.59. The van der Waals surface area contributed by atoms with Gasteiger partial charge in [0.1, 0.15) is 23.9 Å². The molecule has 2 aliphatic rings. The molecule has 23 heteroatoms. The van der Waals surface area contributed by atoms with Crippen molar-refractivity contribution in [2.24, 2.45) is 0 Å². The Kier molecular flexibility index (Phi) is 40.3. The standard InChI is InChI=1S/2C8H12.4C2HF3O2.H2O.2Ru/c2*1-2-4-6-8-7-5-3-1;4*3-2(4,5)1(6)7;;;/h2*1-2,7-8H,3-6H2;4*(H,6,7);1H2;;/q;;;;;;;2*+2/p-4. The summed E-state index contributed by atoms with van der Waals surface area (Å²) in [6.45, 7) is 0. The number of carbonyl (C=O) groups excluding carboxylic acids is 4. The summed E-state index contributed by atoms with van der Waals surface area (Å²) in [5.74, 6) is -12.0. The van der Waals surface area contributed by atoms with Gasteiger partial charge in [-0.25, -0.2) is 0 Å². The number of rotatable bonds is 0. The first-order valence-corrected chi connectivity index (χ1v) is 11.5. The van der Waals surface area contributed by atoms with E-state index >= 15 is 0 Å². The molecule has 0 aromatic heterocycles. The molecular weight excluding hydrogens is 862 g/mol. The average Bonchev–Trinajstić information content (AvgIpc) is 2.77. The number of allylic oxidation sites excluding steroid dienone is 8. The fraction of sp³-hybridized carbons (Fsp3) is 0.500. The largest absolute Gasteiger partial charge is 2.00 e. The molecule has 2 N–H and O–H groups in total. The molecule has 2 rings (SSSR count). The van der Waals surface area contributed by atoms with E-state index in [0.29, 0.717) is 0 Å². The summed E-state index contributed by atoms with van der Waals surface area (Å²) in [6, 6.07) is 0. The smallest absolute Gasteiger partial charge is 0.542 e. The van der Waals surface area contributed by atoms with E-state index in [1.54, 1.807) is 0 Å². The zero-order chi connectivity index (χ0) is 35.6. The molecule has 47 heavy (non-hydrogen) atoms. The van der Waals surface area contributed by atoms with Crippen molar-refractivity contribution in [3.8, 4) is 0 Å². The average molecular weight is 889 g/mol. The molecule has 9 nitrogen and oxygen atoms in total. The second-order valence-corrected chi connectivity index (χ2v) is 7.34. The Morgan fingerprint density at radius 1 is 0.340 bits per heavy atom. The number of hydrogen-bond acceptors (Lipinski definition) is 8. The van der Waals surface area contributed by atoms with Crippen molar-refractivity contribution < 1.29 is 137 Å². The summed E-state index contributed by atoms with van der Waals surface area (Å²) >= 11 is 0. The topological polar surface area (TPSA) is 192 Å². The molecule has 276 valence electrons. The quantitative estimate of drug-likeness (QED) is 0.200. The molecule has 0 aromatic rings. The molecule has 0 aliphatic heterocycles. The molecule has 0 fully saturated rings. The van der Waals surface area contributed by atoms with Crippen molar-refractivity contribution in [3.63, 3.8) is 0 Å². The first-order chi connectivity index (χ1) is 19.8. The maximum Gasteiger partial charge on any atom is 2.00 e. The van der Waals surface area contributed by atoms with Crippen LogP contribution < -0.4 is 20.4 Å². The van der Waals surface area contributed by atoms with Crippen LogP contribution >= 0.6 is 0 Å². The van der Waals surface area contributed by atoms with Crippen LogP contribution in [0.25, 0.3) is 0 Å². The summed E-state index contributed by atoms with van der Waals surface area (Å²) in [7, 11) is 0. The minimum atomic E-state index is -5.19. The van der Waals surface area contributed by atoms with Gasteiger partial charge in [-0.15, -0.1) is 0 Å². The Bertz CT molecular complexity index is 781. The SMILES string of the molecule is C1=CCCC=CCC1.C1=CCCC=CCC1.O.O=C([O-])C(F)(F)F.O=C([O-])C(F)(F)F.O=C([O-])C(F)(F)F.O=C([O-])C(F)(F)F.[Ru+2].[Ru+2]. The molecule has 0 radical (unpaired) electrons. The summed E-state index contributed by atoms with van der Waals surface area (Å²) < 4.78 is 126. The van der Waals surface area contributed by atoms with Crippen LogP contribution in [0.15, 0.2) is 48.6 Å². The van der Waals surface area contributed by atoms with E-state index in [2.05, 4.69) is 48.6 Å². The predicted molar refractivity (Wildman–Crippen MR) is 121 cm³/mol. The van der Waals surface area contributed by atoms with Crippen LogP contribution in [0.1, 0.15) is 51.4 Å². The number of alkyl halides is 12. The Hall–Kier alpha value is -2.79. The zero-order valence-electron chi connectivity index (χ0n) is 23.3. The van der Waals surface area contributed by atoms with E-state index in [1.807, 2.05) is 0 Å². The minimum absolute atomic E-state index is 0. The monoisotopic (exact) mass is 890 g/mol. The van der Waals surface area contributed by atoms with Gasteiger partial charge >= 0.3 is 63.7 Å². The van der Waals surface area contributed by atoms with Gasteiger partial charge in [0.2, 0.25) is 0 Å². The van der Waals surface area contributed by atoms with E-state index in [4.69, 9.17) is 39.6 Å². The Morgan fingerprint density at radius 3 is 0.447 bits per heavy atom. The van der Waals surface area contributed by atoms with Gasteiger partial charge in [0.25, 0.3) is 0 Å². The van der Waals surface area contributed by atoms with Gasteiger partial charge in [0, 0.05) is 0 Å². The first kappa shape index (κ1) is 59.6. The van der Waals surface area contributed by atoms with Crippen molar-refractivity contribution in [3.05, 3.63) is 48.6 Å². The molecule has 0 amide bonds. The minimum Gasteiger partial charge on any atom is -0.542 e. The van der Waals surface area contributed by atoms with Crippen molar-refractivity contribution in [2.45, 2.75) is 76.1 Å². The molecule has 0 saturated heterocycles. The third-order valence-corrected chi connectivity index (χ3v) is 3.59. The van der Waals surface area contributed by atoms with Crippen LogP contribution in [-0.2, 0) is 58.1 Å². The van der Waals surface area contributed by atoms with Crippen LogP contribution in [0, 0.1) is 0 Å². The van der Waals surface area contributed by atoms with Gasteiger partial charge in [-0.3, -0.25) is 0 Å². The van der Waals surface area contributed by atoms with Crippen molar-refractivity contribution >= 4 is 23.9 Å². The molecule has 2 aliphatic carbocycles. The van der Waals surface area contributed by atoms with Crippen LogP contribution in [-0.4, -0.2) is 54.1 Å². The van der Waals surface area contributed by atoms with Crippen molar-refractivity contribution in [2.75, 3.05) is 0 Å². The fourth-order valence-corrected chi connectivity index (χ4v) is 1.71. The number of halogens is 12. The van der Waals surface area contributed by atoms with Gasteiger partial charge in [-0.05, 0) is 51.4 Å². The van der Waals surface area contributed by atoms with Crippen LogP contribution in [0.3, 0.4) is 0 Å². The Morgan fingerprint density at radius 2 is 0.404 bits per heavy atom. The van der Waals surface area contributed by atoms with Crippen LogP contribution in [0.4, 0.5) is 52.7 Å². The molecule has 0 bridgehead atoms. The molecule has 0 heterocycles. The summed E-state index contributed by atoms with van der Waals surface area (Å²) in [4.78, 5) is 35.1. The fourth-order valence-electron chi connectivity index (χ4n) is 1.71. The maximum atomic E-state index is 10.5. The maximum absolute atomic E-state index is 10.5. The second-order valence-electron chi connectivity index (χ2n) is 7.34. The molecule has 0 aromatic carbocycles. The van der Waals surface area contributed by atoms with Crippen LogP contribution in [0.2, 0.25) is 0 Å². The molecule has 0 unspecified atom stereocenters.